The van der Waals surface area contributed by atoms with Crippen LogP contribution in [0.4, 0.5) is 0 Å². The first-order valence-corrected chi connectivity index (χ1v) is 10.7. The maximum atomic E-state index is 6.44. The minimum atomic E-state index is -0.375. The summed E-state index contributed by atoms with van der Waals surface area (Å²) < 4.78 is 12.9. The van der Waals surface area contributed by atoms with Gasteiger partial charge in [-0.3, -0.25) is 0 Å². The van der Waals surface area contributed by atoms with Crippen molar-refractivity contribution in [3.8, 4) is 11.1 Å². The molecule has 0 unspecified atom stereocenters. The van der Waals surface area contributed by atoms with Crippen LogP contribution in [0.15, 0.2) is 42.5 Å². The van der Waals surface area contributed by atoms with Crippen molar-refractivity contribution in [2.75, 3.05) is 0 Å². The van der Waals surface area contributed by atoms with Crippen LogP contribution in [-0.2, 0) is 20.1 Å². The highest BCUT2D eigenvalue weighted by molar-refractivity contribution is 6.64. The number of hydrogen-bond donors (Lipinski definition) is 0. The Morgan fingerprint density at radius 1 is 0.655 bits per heavy atom. The van der Waals surface area contributed by atoms with E-state index < -0.39 is 0 Å². The highest BCUT2D eigenvalue weighted by atomic mass is 16.7. The van der Waals surface area contributed by atoms with Gasteiger partial charge in [0.1, 0.15) is 0 Å². The fourth-order valence-corrected chi connectivity index (χ4v) is 3.61. The standard InChI is InChI=1S/C26H37BO2/c1-23(2,3)19-13-11-18(12-14-19)21-16-15-20(24(4,5)6)17-22(21)27-28-25(7,8)26(9,10)29-27/h11-17H,1-10H3. The molecule has 1 saturated heterocycles. The van der Waals surface area contributed by atoms with Crippen molar-refractivity contribution in [2.24, 2.45) is 0 Å². The molecule has 3 rings (SSSR count). The Bertz CT molecular complexity index is 864. The van der Waals surface area contributed by atoms with E-state index in [0.717, 1.165) is 5.46 Å². The van der Waals surface area contributed by atoms with E-state index in [9.17, 15) is 0 Å². The molecule has 2 nitrogen and oxygen atoms in total. The summed E-state index contributed by atoms with van der Waals surface area (Å²) in [5.74, 6) is 0. The van der Waals surface area contributed by atoms with Gasteiger partial charge in [0.05, 0.1) is 11.2 Å². The number of hydrogen-bond acceptors (Lipinski definition) is 2. The lowest BCUT2D eigenvalue weighted by atomic mass is 9.71. The topological polar surface area (TPSA) is 18.5 Å². The zero-order valence-corrected chi connectivity index (χ0v) is 19.9. The first kappa shape index (κ1) is 22.1. The summed E-state index contributed by atoms with van der Waals surface area (Å²) in [6, 6.07) is 15.7. The van der Waals surface area contributed by atoms with E-state index in [1.54, 1.807) is 0 Å². The Balaban J connectivity index is 2.11. The first-order valence-electron chi connectivity index (χ1n) is 10.7. The second kappa shape index (κ2) is 6.99. The lowest BCUT2D eigenvalue weighted by Gasteiger charge is -2.32. The lowest BCUT2D eigenvalue weighted by Crippen LogP contribution is -2.41. The Hall–Kier alpha value is -1.58. The molecule has 0 radical (unpaired) electrons. The van der Waals surface area contributed by atoms with Gasteiger partial charge in [-0.15, -0.1) is 0 Å². The molecule has 0 aliphatic carbocycles. The van der Waals surface area contributed by atoms with Crippen LogP contribution < -0.4 is 5.46 Å². The van der Waals surface area contributed by atoms with Crippen molar-refractivity contribution in [2.45, 2.75) is 91.3 Å². The van der Waals surface area contributed by atoms with Crippen molar-refractivity contribution < 1.29 is 9.31 Å². The van der Waals surface area contributed by atoms with E-state index in [-0.39, 0.29) is 29.2 Å². The second-order valence-electron chi connectivity index (χ2n) is 11.5. The molecule has 156 valence electrons. The van der Waals surface area contributed by atoms with E-state index in [4.69, 9.17) is 9.31 Å². The molecule has 0 saturated carbocycles. The third-order valence-corrected chi connectivity index (χ3v) is 6.49. The lowest BCUT2D eigenvalue weighted by molar-refractivity contribution is 0.00578. The van der Waals surface area contributed by atoms with E-state index in [1.165, 1.54) is 22.3 Å². The summed E-state index contributed by atoms with van der Waals surface area (Å²) in [6.45, 7) is 21.9. The summed E-state index contributed by atoms with van der Waals surface area (Å²) in [5, 5.41) is 0. The zero-order valence-electron chi connectivity index (χ0n) is 19.9. The molecule has 0 amide bonds. The molecule has 0 aromatic heterocycles. The Kier molecular flexibility index (Phi) is 5.33. The molecule has 2 aromatic rings. The molecule has 2 aromatic carbocycles. The second-order valence-corrected chi connectivity index (χ2v) is 11.5. The van der Waals surface area contributed by atoms with Crippen LogP contribution in [0, 0.1) is 0 Å². The molecule has 1 heterocycles. The van der Waals surface area contributed by atoms with Crippen LogP contribution in [0.5, 0.6) is 0 Å². The molecule has 0 spiro atoms. The molecule has 1 fully saturated rings. The highest BCUT2D eigenvalue weighted by Crippen LogP contribution is 2.38. The number of rotatable bonds is 2. The van der Waals surface area contributed by atoms with Crippen LogP contribution in [0.3, 0.4) is 0 Å². The van der Waals surface area contributed by atoms with Crippen LogP contribution >= 0.6 is 0 Å². The third kappa shape index (κ3) is 4.32. The predicted molar refractivity (Wildman–Crippen MR) is 125 cm³/mol. The van der Waals surface area contributed by atoms with Crippen LogP contribution in [0.2, 0.25) is 0 Å². The average molecular weight is 392 g/mol. The van der Waals surface area contributed by atoms with Gasteiger partial charge in [0.2, 0.25) is 0 Å². The molecule has 1 aliphatic heterocycles. The van der Waals surface area contributed by atoms with E-state index in [1.807, 2.05) is 0 Å². The van der Waals surface area contributed by atoms with Gasteiger partial charge >= 0.3 is 7.12 Å². The Morgan fingerprint density at radius 2 is 1.10 bits per heavy atom. The van der Waals surface area contributed by atoms with Crippen molar-refractivity contribution in [3.05, 3.63) is 53.6 Å². The average Bonchev–Trinajstić information content (AvgIpc) is 2.80. The highest BCUT2D eigenvalue weighted by Gasteiger charge is 2.52. The summed E-state index contributed by atoms with van der Waals surface area (Å²) in [4.78, 5) is 0. The quantitative estimate of drug-likeness (QED) is 0.563. The van der Waals surface area contributed by atoms with Crippen LogP contribution in [-0.4, -0.2) is 18.3 Å². The SMILES string of the molecule is CC(C)(C)c1ccc(-c2ccc(C(C)(C)C)cc2B2OC(C)(C)C(C)(C)O2)cc1. The summed E-state index contributed by atoms with van der Waals surface area (Å²) in [6.07, 6.45) is 0. The van der Waals surface area contributed by atoms with Gasteiger partial charge < -0.3 is 9.31 Å². The Labute approximate surface area is 178 Å². The van der Waals surface area contributed by atoms with Gasteiger partial charge in [0.15, 0.2) is 0 Å². The molecule has 29 heavy (non-hydrogen) atoms. The predicted octanol–water partition coefficient (Wildman–Crippen LogP) is 6.25. The minimum absolute atomic E-state index is 0.0625. The van der Waals surface area contributed by atoms with Gasteiger partial charge in [-0.2, -0.15) is 0 Å². The van der Waals surface area contributed by atoms with E-state index in [0.29, 0.717) is 0 Å². The van der Waals surface area contributed by atoms with Crippen molar-refractivity contribution >= 4 is 12.6 Å². The fraction of sp³-hybridized carbons (Fsp3) is 0.538. The summed E-state index contributed by atoms with van der Waals surface area (Å²) in [7, 11) is -0.375. The minimum Gasteiger partial charge on any atom is -0.399 e. The molecule has 1 aliphatic rings. The fourth-order valence-electron chi connectivity index (χ4n) is 3.61. The normalized spacial score (nSPS) is 18.9. The van der Waals surface area contributed by atoms with Gasteiger partial charge in [-0.1, -0.05) is 84.0 Å². The Morgan fingerprint density at radius 3 is 1.55 bits per heavy atom. The third-order valence-electron chi connectivity index (χ3n) is 6.49. The largest absolute Gasteiger partial charge is 0.495 e. The first-order chi connectivity index (χ1) is 13.1. The maximum absolute atomic E-state index is 6.44. The molecule has 3 heteroatoms. The molecule has 0 N–H and O–H groups in total. The van der Waals surface area contributed by atoms with Crippen LogP contribution in [0.1, 0.15) is 80.4 Å². The zero-order chi connectivity index (χ0) is 21.8. The van der Waals surface area contributed by atoms with Gasteiger partial charge in [-0.25, -0.2) is 0 Å². The van der Waals surface area contributed by atoms with E-state index >= 15 is 0 Å². The molecular formula is C26H37BO2. The summed E-state index contributed by atoms with van der Waals surface area (Å²) in [5.41, 5.74) is 5.60. The van der Waals surface area contributed by atoms with Crippen molar-refractivity contribution in [1.82, 2.24) is 0 Å². The molecule has 0 atom stereocenters. The number of benzene rings is 2. The molecule has 0 bridgehead atoms. The van der Waals surface area contributed by atoms with E-state index in [2.05, 4.69) is 112 Å². The maximum Gasteiger partial charge on any atom is 0.495 e. The van der Waals surface area contributed by atoms with Gasteiger partial charge in [0, 0.05) is 0 Å². The van der Waals surface area contributed by atoms with Crippen LogP contribution in [0.25, 0.3) is 11.1 Å². The van der Waals surface area contributed by atoms with Crippen molar-refractivity contribution in [1.29, 1.82) is 0 Å². The smallest absolute Gasteiger partial charge is 0.399 e. The summed E-state index contributed by atoms with van der Waals surface area (Å²) >= 11 is 0. The van der Waals surface area contributed by atoms with Gasteiger partial charge in [-0.05, 0) is 66.2 Å². The van der Waals surface area contributed by atoms with Crippen molar-refractivity contribution in [3.63, 3.8) is 0 Å². The van der Waals surface area contributed by atoms with Gasteiger partial charge in [0.25, 0.3) is 0 Å². The molecular weight excluding hydrogens is 355 g/mol. The monoisotopic (exact) mass is 392 g/mol.